The normalized spacial score (nSPS) is 25.0. The first-order valence-corrected chi connectivity index (χ1v) is 7.34. The molecule has 2 unspecified atom stereocenters. The van der Waals surface area contributed by atoms with Crippen molar-refractivity contribution >= 4 is 17.3 Å². The van der Waals surface area contributed by atoms with Crippen molar-refractivity contribution in [2.75, 3.05) is 23.4 Å². The molecule has 2 heterocycles. The summed E-state index contributed by atoms with van der Waals surface area (Å²) in [5.74, 6) is 0.759. The molecule has 20 heavy (non-hydrogen) atoms. The molecule has 1 amide bonds. The number of carbonyl (C=O) groups is 1. The predicted octanol–water partition coefficient (Wildman–Crippen LogP) is 1.77. The minimum atomic E-state index is -0.259. The number of carbonyl (C=O) groups excluding carboxylic acids is 1. The number of hydrogen-bond acceptors (Lipinski definition) is 4. The van der Waals surface area contributed by atoms with Crippen LogP contribution >= 0.6 is 0 Å². The Bertz CT molecular complexity index is 504. The van der Waals surface area contributed by atoms with Crippen molar-refractivity contribution in [2.24, 2.45) is 11.7 Å². The minimum absolute atomic E-state index is 0.250. The molecule has 2 aliphatic heterocycles. The molecule has 3 N–H and O–H groups in total. The second-order valence-electron chi connectivity index (χ2n) is 5.69. The summed E-state index contributed by atoms with van der Waals surface area (Å²) in [6, 6.07) is 8.04. The molecule has 0 aliphatic carbocycles. The zero-order valence-electron chi connectivity index (χ0n) is 11.9. The molecule has 0 bridgehead atoms. The highest BCUT2D eigenvalue weighted by atomic mass is 16.2. The maximum absolute atomic E-state index is 12.1. The van der Waals surface area contributed by atoms with Crippen LogP contribution in [0.3, 0.4) is 0 Å². The summed E-state index contributed by atoms with van der Waals surface area (Å²) < 4.78 is 0. The van der Waals surface area contributed by atoms with Crippen molar-refractivity contribution in [2.45, 2.75) is 32.5 Å². The second kappa shape index (κ2) is 5.32. The molecule has 0 spiro atoms. The Morgan fingerprint density at radius 1 is 1.40 bits per heavy atom. The van der Waals surface area contributed by atoms with Crippen LogP contribution in [0.5, 0.6) is 0 Å². The van der Waals surface area contributed by atoms with Crippen LogP contribution in [0.15, 0.2) is 24.3 Å². The number of para-hydroxylation sites is 2. The van der Waals surface area contributed by atoms with E-state index in [9.17, 15) is 4.79 Å². The molecule has 1 aromatic rings. The van der Waals surface area contributed by atoms with E-state index in [1.54, 1.807) is 0 Å². The first-order valence-electron chi connectivity index (χ1n) is 7.34. The number of nitrogens with one attached hydrogen (secondary N) is 1. The van der Waals surface area contributed by atoms with Gasteiger partial charge in [-0.15, -0.1) is 0 Å². The number of fused-ring (bicyclic) bond motifs is 1. The second-order valence-corrected chi connectivity index (χ2v) is 5.69. The topological polar surface area (TPSA) is 61.6 Å². The number of anilines is 2. The van der Waals surface area contributed by atoms with Gasteiger partial charge >= 0.3 is 0 Å². The largest absolute Gasteiger partial charge is 0.351 e. The summed E-state index contributed by atoms with van der Waals surface area (Å²) in [5, 5.41) is 3.24. The highest BCUT2D eigenvalue weighted by molar-refractivity contribution is 5.80. The van der Waals surface area contributed by atoms with E-state index in [-0.39, 0.29) is 12.2 Å². The number of hydrogen-bond donors (Lipinski definition) is 2. The summed E-state index contributed by atoms with van der Waals surface area (Å²) in [5.41, 5.74) is 8.24. The average molecular weight is 274 g/mol. The van der Waals surface area contributed by atoms with E-state index in [0.717, 1.165) is 30.8 Å². The highest BCUT2D eigenvalue weighted by Gasteiger charge is 2.33. The smallest absolute Gasteiger partial charge is 0.224 e. The fourth-order valence-electron chi connectivity index (χ4n) is 3.17. The van der Waals surface area contributed by atoms with Gasteiger partial charge in [0.25, 0.3) is 0 Å². The molecule has 0 radical (unpaired) electrons. The molecule has 1 saturated heterocycles. The van der Waals surface area contributed by atoms with Gasteiger partial charge in [-0.25, -0.2) is 0 Å². The predicted molar refractivity (Wildman–Crippen MR) is 80.1 cm³/mol. The number of nitrogens with zero attached hydrogens (tertiary/aromatic N) is 2. The van der Waals surface area contributed by atoms with Crippen LogP contribution in [0.25, 0.3) is 0 Å². The van der Waals surface area contributed by atoms with Crippen LogP contribution in [0.2, 0.25) is 0 Å². The molecule has 3 rings (SSSR count). The Morgan fingerprint density at radius 2 is 2.20 bits per heavy atom. The van der Waals surface area contributed by atoms with E-state index < -0.39 is 0 Å². The standard InChI is InChI=1S/C15H22N4O/c1-2-5-11-8-14(20)18(9-11)10-19-13-7-4-3-6-12(13)17-15(19)16/h3-4,6-7,11,15,17H,2,5,8-10,16H2,1H3. The van der Waals surface area contributed by atoms with Crippen molar-refractivity contribution in [3.05, 3.63) is 24.3 Å². The summed E-state index contributed by atoms with van der Waals surface area (Å²) in [6.45, 7) is 3.60. The van der Waals surface area contributed by atoms with Gasteiger partial charge in [0, 0.05) is 13.0 Å². The van der Waals surface area contributed by atoms with Gasteiger partial charge in [-0.1, -0.05) is 25.5 Å². The van der Waals surface area contributed by atoms with Gasteiger partial charge in [-0.05, 0) is 24.5 Å². The van der Waals surface area contributed by atoms with Crippen molar-refractivity contribution in [1.82, 2.24) is 4.90 Å². The first kappa shape index (κ1) is 13.2. The Balaban J connectivity index is 1.71. The van der Waals surface area contributed by atoms with E-state index in [1.165, 1.54) is 0 Å². The van der Waals surface area contributed by atoms with E-state index in [0.29, 0.717) is 19.0 Å². The summed E-state index contributed by atoms with van der Waals surface area (Å²) in [7, 11) is 0. The molecular formula is C15H22N4O. The Hall–Kier alpha value is -1.75. The van der Waals surface area contributed by atoms with Gasteiger partial charge in [-0.2, -0.15) is 0 Å². The molecule has 1 fully saturated rings. The fraction of sp³-hybridized carbons (Fsp3) is 0.533. The van der Waals surface area contributed by atoms with Crippen LogP contribution in [0, 0.1) is 5.92 Å². The molecule has 0 saturated carbocycles. The lowest BCUT2D eigenvalue weighted by molar-refractivity contribution is -0.127. The van der Waals surface area contributed by atoms with Crippen LogP contribution in [0.1, 0.15) is 26.2 Å². The van der Waals surface area contributed by atoms with Gasteiger partial charge in [0.15, 0.2) is 6.29 Å². The third-order valence-electron chi connectivity index (χ3n) is 4.17. The lowest BCUT2D eigenvalue weighted by Crippen LogP contribution is -2.49. The summed E-state index contributed by atoms with van der Waals surface area (Å²) >= 11 is 0. The quantitative estimate of drug-likeness (QED) is 0.878. The SMILES string of the molecule is CCCC1CC(=O)N(CN2c3ccccc3NC2N)C1. The van der Waals surface area contributed by atoms with Crippen LogP contribution in [-0.2, 0) is 4.79 Å². The van der Waals surface area contributed by atoms with Gasteiger partial charge in [0.1, 0.15) is 0 Å². The Kier molecular flexibility index (Phi) is 3.53. The molecule has 108 valence electrons. The van der Waals surface area contributed by atoms with Crippen LogP contribution < -0.4 is 16.0 Å². The average Bonchev–Trinajstić information content (AvgIpc) is 2.92. The third kappa shape index (κ3) is 2.33. The maximum Gasteiger partial charge on any atom is 0.224 e. The zero-order chi connectivity index (χ0) is 14.1. The Morgan fingerprint density at radius 3 is 3.00 bits per heavy atom. The zero-order valence-corrected chi connectivity index (χ0v) is 11.9. The van der Waals surface area contributed by atoms with Crippen LogP contribution in [0.4, 0.5) is 11.4 Å². The summed E-state index contributed by atoms with van der Waals surface area (Å²) in [4.78, 5) is 16.1. The van der Waals surface area contributed by atoms with E-state index in [2.05, 4.69) is 17.1 Å². The first-order chi connectivity index (χ1) is 9.69. The van der Waals surface area contributed by atoms with Crippen LogP contribution in [-0.4, -0.2) is 30.3 Å². The maximum atomic E-state index is 12.1. The number of benzene rings is 1. The lowest BCUT2D eigenvalue weighted by atomic mass is 10.0. The van der Waals surface area contributed by atoms with E-state index in [1.807, 2.05) is 29.2 Å². The number of nitrogens with two attached hydrogens (primary N) is 1. The number of rotatable bonds is 4. The number of amides is 1. The fourth-order valence-corrected chi connectivity index (χ4v) is 3.17. The number of likely N-dealkylation sites (tertiary alicyclic amines) is 1. The van der Waals surface area contributed by atoms with Crippen molar-refractivity contribution in [3.8, 4) is 0 Å². The molecule has 5 nitrogen and oxygen atoms in total. The molecule has 0 aromatic heterocycles. The van der Waals surface area contributed by atoms with E-state index >= 15 is 0 Å². The molecule has 1 aromatic carbocycles. The summed E-state index contributed by atoms with van der Waals surface area (Å²) in [6.07, 6.45) is 2.69. The van der Waals surface area contributed by atoms with Crippen molar-refractivity contribution in [3.63, 3.8) is 0 Å². The third-order valence-corrected chi connectivity index (χ3v) is 4.17. The molecular weight excluding hydrogens is 252 g/mol. The van der Waals surface area contributed by atoms with Gasteiger partial charge < -0.3 is 15.1 Å². The molecule has 2 atom stereocenters. The van der Waals surface area contributed by atoms with Crippen molar-refractivity contribution < 1.29 is 4.79 Å². The van der Waals surface area contributed by atoms with Gasteiger partial charge in [0.2, 0.25) is 5.91 Å². The highest BCUT2D eigenvalue weighted by Crippen LogP contribution is 2.33. The lowest BCUT2D eigenvalue weighted by Gasteiger charge is -2.29. The minimum Gasteiger partial charge on any atom is -0.351 e. The molecule has 2 aliphatic rings. The van der Waals surface area contributed by atoms with Crippen molar-refractivity contribution in [1.29, 1.82) is 0 Å². The Labute approximate surface area is 119 Å². The van der Waals surface area contributed by atoms with Gasteiger partial charge in [-0.3, -0.25) is 10.5 Å². The van der Waals surface area contributed by atoms with E-state index in [4.69, 9.17) is 5.73 Å². The molecule has 5 heteroatoms. The van der Waals surface area contributed by atoms with Gasteiger partial charge in [0.05, 0.1) is 18.0 Å². The monoisotopic (exact) mass is 274 g/mol.